The molecule has 1 aromatic rings. The quantitative estimate of drug-likeness (QED) is 0.793. The third kappa shape index (κ3) is 4.15. The van der Waals surface area contributed by atoms with Crippen LogP contribution in [0.25, 0.3) is 0 Å². The molecule has 0 saturated carbocycles. The van der Waals surface area contributed by atoms with E-state index in [4.69, 9.17) is 0 Å². The molecule has 0 saturated heterocycles. The Bertz CT molecular complexity index is 379. The maximum absolute atomic E-state index is 11.1. The highest BCUT2D eigenvalue weighted by molar-refractivity contribution is 5.93. The van der Waals surface area contributed by atoms with Crippen LogP contribution in [0.5, 0.6) is 0 Å². The molecule has 4 heteroatoms. The van der Waals surface area contributed by atoms with Crippen molar-refractivity contribution in [3.63, 3.8) is 0 Å². The molecule has 4 nitrogen and oxygen atoms in total. The largest absolute Gasteiger partial charge is 0.389 e. The van der Waals surface area contributed by atoms with Gasteiger partial charge in [-0.15, -0.1) is 0 Å². The molecule has 1 heterocycles. The fourth-order valence-electron chi connectivity index (χ4n) is 1.60. The Labute approximate surface area is 102 Å². The van der Waals surface area contributed by atoms with Gasteiger partial charge in [-0.1, -0.05) is 0 Å². The predicted molar refractivity (Wildman–Crippen MR) is 68.4 cm³/mol. The number of anilines is 1. The van der Waals surface area contributed by atoms with Crippen LogP contribution in [0.3, 0.4) is 0 Å². The molecule has 0 aliphatic heterocycles. The number of aliphatic hydroxyl groups is 1. The zero-order valence-electron chi connectivity index (χ0n) is 10.9. The smallest absolute Gasteiger partial charge is 0.161 e. The Morgan fingerprint density at radius 1 is 1.47 bits per heavy atom. The third-order valence-electron chi connectivity index (χ3n) is 2.44. The van der Waals surface area contributed by atoms with E-state index in [0.717, 1.165) is 12.4 Å². The first-order chi connectivity index (χ1) is 7.83. The zero-order valence-corrected chi connectivity index (χ0v) is 10.9. The Morgan fingerprint density at radius 2 is 2.12 bits per heavy atom. The van der Waals surface area contributed by atoms with Crippen LogP contribution in [0.2, 0.25) is 0 Å². The standard InChI is InChI=1S/C13H20N2O2/c1-5-15(9-13(3,4)17)12-7-6-11(8-14-12)10(2)16/h6-8,17H,5,9H2,1-4H3. The lowest BCUT2D eigenvalue weighted by molar-refractivity contribution is 0.0873. The molecular formula is C13H20N2O2. The second-order valence-electron chi connectivity index (χ2n) is 4.79. The molecule has 0 fully saturated rings. The van der Waals surface area contributed by atoms with Crippen LogP contribution in [0.4, 0.5) is 5.82 Å². The molecule has 1 rings (SSSR count). The maximum Gasteiger partial charge on any atom is 0.161 e. The molecule has 0 amide bonds. The minimum absolute atomic E-state index is 0.00888. The van der Waals surface area contributed by atoms with E-state index in [2.05, 4.69) is 4.98 Å². The summed E-state index contributed by atoms with van der Waals surface area (Å²) >= 11 is 0. The van der Waals surface area contributed by atoms with Gasteiger partial charge in [-0.25, -0.2) is 4.98 Å². The summed E-state index contributed by atoms with van der Waals surface area (Å²) in [4.78, 5) is 17.4. The van der Waals surface area contributed by atoms with Gasteiger partial charge in [0.25, 0.3) is 0 Å². The number of ketones is 1. The number of hydrogen-bond donors (Lipinski definition) is 1. The first kappa shape index (κ1) is 13.6. The topological polar surface area (TPSA) is 53.4 Å². The number of Topliss-reactive ketones (excluding diaryl/α,β-unsaturated/α-hetero) is 1. The fraction of sp³-hybridized carbons (Fsp3) is 0.538. The average Bonchev–Trinajstić information content (AvgIpc) is 2.25. The van der Waals surface area contributed by atoms with E-state index in [0.29, 0.717) is 12.1 Å². The normalized spacial score (nSPS) is 11.4. The summed E-state index contributed by atoms with van der Waals surface area (Å²) in [6.07, 6.45) is 1.57. The Hall–Kier alpha value is -1.42. The summed E-state index contributed by atoms with van der Waals surface area (Å²) in [5.41, 5.74) is -0.162. The van der Waals surface area contributed by atoms with Gasteiger partial charge in [-0.2, -0.15) is 0 Å². The maximum atomic E-state index is 11.1. The number of nitrogens with zero attached hydrogens (tertiary/aromatic N) is 2. The van der Waals surface area contributed by atoms with E-state index in [-0.39, 0.29) is 5.78 Å². The van der Waals surface area contributed by atoms with Gasteiger partial charge in [0, 0.05) is 24.8 Å². The van der Waals surface area contributed by atoms with Gasteiger partial charge in [0.05, 0.1) is 5.60 Å². The number of pyridine rings is 1. The van der Waals surface area contributed by atoms with Gasteiger partial charge in [0.2, 0.25) is 0 Å². The molecule has 0 spiro atoms. The van der Waals surface area contributed by atoms with Crippen molar-refractivity contribution in [3.05, 3.63) is 23.9 Å². The van der Waals surface area contributed by atoms with Crippen LogP contribution in [0.15, 0.2) is 18.3 Å². The van der Waals surface area contributed by atoms with Crippen LogP contribution < -0.4 is 4.90 Å². The Kier molecular flexibility index (Phi) is 4.23. The summed E-state index contributed by atoms with van der Waals surface area (Å²) < 4.78 is 0. The van der Waals surface area contributed by atoms with Crippen molar-refractivity contribution in [1.29, 1.82) is 0 Å². The van der Waals surface area contributed by atoms with E-state index in [1.54, 1.807) is 26.1 Å². The molecule has 94 valence electrons. The van der Waals surface area contributed by atoms with Crippen LogP contribution >= 0.6 is 0 Å². The van der Waals surface area contributed by atoms with Crippen molar-refractivity contribution in [2.24, 2.45) is 0 Å². The zero-order chi connectivity index (χ0) is 13.1. The highest BCUT2D eigenvalue weighted by Gasteiger charge is 2.18. The monoisotopic (exact) mass is 236 g/mol. The molecule has 0 unspecified atom stereocenters. The summed E-state index contributed by atoms with van der Waals surface area (Å²) in [6, 6.07) is 3.57. The summed E-state index contributed by atoms with van der Waals surface area (Å²) in [5, 5.41) is 9.80. The van der Waals surface area contributed by atoms with Gasteiger partial charge in [-0.3, -0.25) is 4.79 Å². The van der Waals surface area contributed by atoms with Crippen molar-refractivity contribution < 1.29 is 9.90 Å². The van der Waals surface area contributed by atoms with Crippen molar-refractivity contribution in [3.8, 4) is 0 Å². The van der Waals surface area contributed by atoms with Crippen molar-refractivity contribution in [1.82, 2.24) is 4.98 Å². The van der Waals surface area contributed by atoms with Crippen molar-refractivity contribution in [2.45, 2.75) is 33.3 Å². The van der Waals surface area contributed by atoms with E-state index in [1.165, 1.54) is 6.92 Å². The number of carbonyl (C=O) groups excluding carboxylic acids is 1. The molecule has 0 radical (unpaired) electrons. The first-order valence-corrected chi connectivity index (χ1v) is 5.78. The lowest BCUT2D eigenvalue weighted by atomic mass is 10.1. The molecule has 0 atom stereocenters. The summed E-state index contributed by atoms with van der Waals surface area (Å²) in [6.45, 7) is 8.32. The number of rotatable bonds is 5. The molecule has 0 aliphatic carbocycles. The second kappa shape index (κ2) is 5.27. The van der Waals surface area contributed by atoms with Crippen LogP contribution in [0.1, 0.15) is 38.1 Å². The lowest BCUT2D eigenvalue weighted by Gasteiger charge is -2.28. The van der Waals surface area contributed by atoms with Gasteiger partial charge in [-0.05, 0) is 39.8 Å². The lowest BCUT2D eigenvalue weighted by Crippen LogP contribution is -2.39. The number of aromatic nitrogens is 1. The third-order valence-corrected chi connectivity index (χ3v) is 2.44. The SMILES string of the molecule is CCN(CC(C)(C)O)c1ccc(C(C)=O)cn1. The number of carbonyl (C=O) groups is 1. The molecule has 17 heavy (non-hydrogen) atoms. The van der Waals surface area contributed by atoms with E-state index < -0.39 is 5.60 Å². The molecule has 0 aliphatic rings. The van der Waals surface area contributed by atoms with Crippen molar-refractivity contribution >= 4 is 11.6 Å². The minimum atomic E-state index is -0.767. The van der Waals surface area contributed by atoms with Gasteiger partial charge >= 0.3 is 0 Å². The van der Waals surface area contributed by atoms with Crippen LogP contribution in [-0.4, -0.2) is 34.6 Å². The number of hydrogen-bond acceptors (Lipinski definition) is 4. The highest BCUT2D eigenvalue weighted by Crippen LogP contribution is 2.15. The van der Waals surface area contributed by atoms with Crippen LogP contribution in [-0.2, 0) is 0 Å². The summed E-state index contributed by atoms with van der Waals surface area (Å²) in [5.74, 6) is 0.786. The van der Waals surface area contributed by atoms with Crippen LogP contribution in [0, 0.1) is 0 Å². The Balaban J connectivity index is 2.86. The van der Waals surface area contributed by atoms with Gasteiger partial charge in [0.1, 0.15) is 5.82 Å². The Morgan fingerprint density at radius 3 is 2.47 bits per heavy atom. The minimum Gasteiger partial charge on any atom is -0.389 e. The average molecular weight is 236 g/mol. The fourth-order valence-corrected chi connectivity index (χ4v) is 1.60. The molecule has 1 N–H and O–H groups in total. The predicted octanol–water partition coefficient (Wildman–Crippen LogP) is 1.88. The van der Waals surface area contributed by atoms with E-state index in [9.17, 15) is 9.90 Å². The molecule has 0 aromatic carbocycles. The second-order valence-corrected chi connectivity index (χ2v) is 4.79. The van der Waals surface area contributed by atoms with Crippen molar-refractivity contribution in [2.75, 3.05) is 18.0 Å². The van der Waals surface area contributed by atoms with Gasteiger partial charge in [0.15, 0.2) is 5.78 Å². The summed E-state index contributed by atoms with van der Waals surface area (Å²) in [7, 11) is 0. The van der Waals surface area contributed by atoms with Gasteiger partial charge < -0.3 is 10.0 Å². The molecule has 0 bridgehead atoms. The first-order valence-electron chi connectivity index (χ1n) is 5.78. The number of likely N-dealkylation sites (N-methyl/N-ethyl adjacent to an activating group) is 1. The molecule has 1 aromatic heterocycles. The van der Waals surface area contributed by atoms with E-state index >= 15 is 0 Å². The molecular weight excluding hydrogens is 216 g/mol. The highest BCUT2D eigenvalue weighted by atomic mass is 16.3. The van der Waals surface area contributed by atoms with E-state index in [1.807, 2.05) is 17.9 Å².